The molecule has 0 bridgehead atoms. The molecule has 0 unspecified atom stereocenters. The van der Waals surface area contributed by atoms with Crippen LogP contribution in [0.15, 0.2) is 12.3 Å². The molecule has 2 aliphatic heterocycles. The van der Waals surface area contributed by atoms with Crippen LogP contribution >= 0.6 is 0 Å². The van der Waals surface area contributed by atoms with E-state index in [1.165, 1.54) is 12.8 Å². The second kappa shape index (κ2) is 6.07. The predicted molar refractivity (Wildman–Crippen MR) is 92.1 cm³/mol. The summed E-state index contributed by atoms with van der Waals surface area (Å²) in [7, 11) is 0. The van der Waals surface area contributed by atoms with Crippen molar-refractivity contribution in [2.24, 2.45) is 11.8 Å². The van der Waals surface area contributed by atoms with Crippen LogP contribution in [0.3, 0.4) is 0 Å². The number of rotatable bonds is 3. The monoisotopic (exact) mass is 328 g/mol. The highest BCUT2D eigenvalue weighted by atomic mass is 16.2. The Morgan fingerprint density at radius 1 is 1.29 bits per heavy atom. The lowest BCUT2D eigenvalue weighted by molar-refractivity contribution is -0.117. The normalized spacial score (nSPS) is 21.5. The maximum Gasteiger partial charge on any atom is 0.255 e. The first-order valence-electron chi connectivity index (χ1n) is 8.95. The van der Waals surface area contributed by atoms with Gasteiger partial charge in [-0.05, 0) is 43.6 Å². The molecule has 1 saturated heterocycles. The molecular weight excluding hydrogens is 304 g/mol. The summed E-state index contributed by atoms with van der Waals surface area (Å²) in [5.74, 6) is 2.09. The average molecular weight is 328 g/mol. The number of carbonyl (C=O) groups excluding carboxylic acids is 2. The molecule has 1 N–H and O–H groups in total. The van der Waals surface area contributed by atoms with E-state index < -0.39 is 0 Å². The van der Waals surface area contributed by atoms with Gasteiger partial charge in [-0.3, -0.25) is 9.59 Å². The maximum atomic E-state index is 12.8. The van der Waals surface area contributed by atoms with Crippen LogP contribution in [0.1, 0.15) is 43.0 Å². The number of nitrogens with one attached hydrogen (secondary N) is 1. The minimum absolute atomic E-state index is 0.0293. The number of hydrogen-bond donors (Lipinski definition) is 1. The van der Waals surface area contributed by atoms with Gasteiger partial charge in [0.05, 0.1) is 17.8 Å². The van der Waals surface area contributed by atoms with E-state index in [9.17, 15) is 9.59 Å². The van der Waals surface area contributed by atoms with Gasteiger partial charge >= 0.3 is 0 Å². The number of aromatic nitrogens is 1. The Morgan fingerprint density at radius 2 is 2.04 bits per heavy atom. The quantitative estimate of drug-likeness (QED) is 0.923. The van der Waals surface area contributed by atoms with Crippen molar-refractivity contribution in [2.45, 2.75) is 32.6 Å². The van der Waals surface area contributed by atoms with Gasteiger partial charge in [-0.2, -0.15) is 0 Å². The van der Waals surface area contributed by atoms with Crippen molar-refractivity contribution in [3.8, 4) is 0 Å². The summed E-state index contributed by atoms with van der Waals surface area (Å²) in [5.41, 5.74) is 1.34. The van der Waals surface area contributed by atoms with Gasteiger partial charge in [0.2, 0.25) is 5.91 Å². The fourth-order valence-electron chi connectivity index (χ4n) is 3.45. The molecule has 3 heterocycles. The minimum atomic E-state index is 0.0293. The van der Waals surface area contributed by atoms with Gasteiger partial charge in [0.1, 0.15) is 5.82 Å². The molecule has 24 heavy (non-hydrogen) atoms. The molecule has 0 spiro atoms. The molecule has 1 aliphatic carbocycles. The lowest BCUT2D eigenvalue weighted by Crippen LogP contribution is -2.42. The molecule has 4 rings (SSSR count). The molecule has 0 atom stereocenters. The molecular formula is C18H24N4O2. The smallest absolute Gasteiger partial charge is 0.255 e. The summed E-state index contributed by atoms with van der Waals surface area (Å²) in [6.07, 6.45) is 6.11. The number of hydrogen-bond acceptors (Lipinski definition) is 4. The largest absolute Gasteiger partial charge is 0.359 e. The van der Waals surface area contributed by atoms with Gasteiger partial charge in [-0.1, -0.05) is 6.92 Å². The third-order valence-corrected chi connectivity index (χ3v) is 5.32. The van der Waals surface area contributed by atoms with E-state index in [0.29, 0.717) is 23.2 Å². The van der Waals surface area contributed by atoms with Gasteiger partial charge in [-0.15, -0.1) is 0 Å². The fourth-order valence-corrected chi connectivity index (χ4v) is 3.45. The van der Waals surface area contributed by atoms with Crippen LogP contribution in [0, 0.1) is 11.8 Å². The molecule has 2 fully saturated rings. The van der Waals surface area contributed by atoms with Crippen LogP contribution in [0.2, 0.25) is 0 Å². The molecule has 1 aromatic heterocycles. The van der Waals surface area contributed by atoms with Gasteiger partial charge in [0.15, 0.2) is 0 Å². The zero-order valence-corrected chi connectivity index (χ0v) is 14.1. The van der Waals surface area contributed by atoms with E-state index in [2.05, 4.69) is 17.2 Å². The molecule has 6 heteroatoms. The van der Waals surface area contributed by atoms with E-state index >= 15 is 0 Å². The highest BCUT2D eigenvalue weighted by Gasteiger charge is 2.32. The number of fused-ring (bicyclic) bond motifs is 1. The Hall–Kier alpha value is -2.11. The molecule has 0 radical (unpaired) electrons. The number of anilines is 2. The Balaban J connectivity index is 1.58. The Kier molecular flexibility index (Phi) is 3.90. The van der Waals surface area contributed by atoms with Crippen LogP contribution in [0.25, 0.3) is 0 Å². The van der Waals surface area contributed by atoms with Crippen LogP contribution in [-0.2, 0) is 4.79 Å². The zero-order chi connectivity index (χ0) is 16.7. The van der Waals surface area contributed by atoms with E-state index in [0.717, 1.165) is 38.2 Å². The van der Waals surface area contributed by atoms with Crippen molar-refractivity contribution in [2.75, 3.05) is 36.4 Å². The summed E-state index contributed by atoms with van der Waals surface area (Å²) in [6.45, 7) is 4.87. The Morgan fingerprint density at radius 3 is 2.75 bits per heavy atom. The van der Waals surface area contributed by atoms with E-state index in [4.69, 9.17) is 0 Å². The lowest BCUT2D eigenvalue weighted by atomic mass is 9.99. The van der Waals surface area contributed by atoms with E-state index in [1.807, 2.05) is 15.9 Å². The van der Waals surface area contributed by atoms with Gasteiger partial charge in [-0.25, -0.2) is 4.98 Å². The van der Waals surface area contributed by atoms with Crippen LogP contribution < -0.4 is 10.2 Å². The van der Waals surface area contributed by atoms with Crippen LogP contribution in [-0.4, -0.2) is 47.9 Å². The van der Waals surface area contributed by atoms with Crippen molar-refractivity contribution in [3.63, 3.8) is 0 Å². The van der Waals surface area contributed by atoms with E-state index in [-0.39, 0.29) is 18.4 Å². The van der Waals surface area contributed by atoms with Crippen LogP contribution in [0.5, 0.6) is 0 Å². The molecule has 3 aliphatic rings. The number of piperidine rings is 1. The van der Waals surface area contributed by atoms with Crippen molar-refractivity contribution >= 4 is 23.3 Å². The first-order chi connectivity index (χ1) is 11.6. The number of likely N-dealkylation sites (tertiary alicyclic amines) is 1. The lowest BCUT2D eigenvalue weighted by Gasteiger charge is -2.32. The van der Waals surface area contributed by atoms with Crippen LogP contribution in [0.4, 0.5) is 11.5 Å². The molecule has 0 aromatic carbocycles. The second-order valence-corrected chi connectivity index (χ2v) is 7.37. The molecule has 1 saturated carbocycles. The number of carbonyl (C=O) groups is 2. The van der Waals surface area contributed by atoms with E-state index in [1.54, 1.807) is 6.20 Å². The summed E-state index contributed by atoms with van der Waals surface area (Å²) >= 11 is 0. The predicted octanol–water partition coefficient (Wildman–Crippen LogP) is 2.12. The average Bonchev–Trinajstić information content (AvgIpc) is 3.41. The second-order valence-electron chi connectivity index (χ2n) is 7.37. The highest BCUT2D eigenvalue weighted by Crippen LogP contribution is 2.35. The molecule has 1 aromatic rings. The third-order valence-electron chi connectivity index (χ3n) is 5.32. The SMILES string of the molecule is CC1CCN(C(=O)c2cnc3c(c2)N(CC2CC2)C(=O)CN3)CC1. The van der Waals surface area contributed by atoms with Crippen molar-refractivity contribution < 1.29 is 9.59 Å². The Bertz CT molecular complexity index is 663. The van der Waals surface area contributed by atoms with Gasteiger partial charge < -0.3 is 15.1 Å². The van der Waals surface area contributed by atoms with Crippen molar-refractivity contribution in [1.29, 1.82) is 0 Å². The fraction of sp³-hybridized carbons (Fsp3) is 0.611. The summed E-state index contributed by atoms with van der Waals surface area (Å²) in [6, 6.07) is 1.84. The summed E-state index contributed by atoms with van der Waals surface area (Å²) in [5, 5.41) is 3.06. The Labute approximate surface area is 142 Å². The third kappa shape index (κ3) is 2.97. The first-order valence-corrected chi connectivity index (χ1v) is 8.95. The number of nitrogens with zero attached hydrogens (tertiary/aromatic N) is 3. The summed E-state index contributed by atoms with van der Waals surface area (Å²) in [4.78, 5) is 33.2. The number of pyridine rings is 1. The van der Waals surface area contributed by atoms with Crippen molar-refractivity contribution in [1.82, 2.24) is 9.88 Å². The highest BCUT2D eigenvalue weighted by molar-refractivity contribution is 6.04. The maximum absolute atomic E-state index is 12.8. The summed E-state index contributed by atoms with van der Waals surface area (Å²) < 4.78 is 0. The van der Waals surface area contributed by atoms with Gasteiger partial charge in [0, 0.05) is 25.8 Å². The first kappa shape index (κ1) is 15.4. The minimum Gasteiger partial charge on any atom is -0.359 e. The molecule has 2 amide bonds. The van der Waals surface area contributed by atoms with Crippen molar-refractivity contribution in [3.05, 3.63) is 17.8 Å². The molecule has 6 nitrogen and oxygen atoms in total. The topological polar surface area (TPSA) is 65.5 Å². The zero-order valence-electron chi connectivity index (χ0n) is 14.1. The molecule has 128 valence electrons. The standard InChI is InChI=1S/C18H24N4O2/c1-12-4-6-21(7-5-12)18(24)14-8-15-17(19-9-14)20-10-16(23)22(15)11-13-2-3-13/h8-9,12-13H,2-7,10-11H2,1H3,(H,19,20). The number of amides is 2. The van der Waals surface area contributed by atoms with Gasteiger partial charge in [0.25, 0.3) is 5.91 Å².